The number of carboxylic acid groups (broad SMARTS) is 1. The molecule has 0 radical (unpaired) electrons. The highest BCUT2D eigenvalue weighted by Gasteiger charge is 2.21. The number of carbonyl (C=O) groups excluding carboxylic acids is 1. The summed E-state index contributed by atoms with van der Waals surface area (Å²) in [5.74, 6) is -1.06. The average Bonchev–Trinajstić information content (AvgIpc) is 2.87. The largest absolute Gasteiger partial charge is 0.480 e. The molecule has 5 nitrogen and oxygen atoms in total. The normalized spacial score (nSPS) is 11.6. The first-order valence-corrected chi connectivity index (χ1v) is 6.88. The maximum absolute atomic E-state index is 12.0. The Morgan fingerprint density at radius 3 is 2.84 bits per heavy atom. The molecule has 0 saturated carbocycles. The van der Waals surface area contributed by atoms with Gasteiger partial charge in [-0.05, 0) is 24.8 Å². The molecule has 1 atom stereocenters. The van der Waals surface area contributed by atoms with Crippen molar-refractivity contribution in [3.05, 3.63) is 35.0 Å². The molecule has 0 aliphatic rings. The van der Waals surface area contributed by atoms with E-state index in [0.717, 1.165) is 4.88 Å². The van der Waals surface area contributed by atoms with Gasteiger partial charge in [0.15, 0.2) is 0 Å². The highest BCUT2D eigenvalue weighted by Crippen LogP contribution is 2.12. The zero-order valence-corrected chi connectivity index (χ0v) is 11.7. The molecule has 2 amide bonds. The first-order valence-electron chi connectivity index (χ1n) is 6.00. The number of thiophene rings is 1. The van der Waals surface area contributed by atoms with Crippen LogP contribution in [0.5, 0.6) is 0 Å². The van der Waals surface area contributed by atoms with Crippen LogP contribution in [0.2, 0.25) is 0 Å². The van der Waals surface area contributed by atoms with Crippen molar-refractivity contribution in [3.8, 4) is 0 Å². The topological polar surface area (TPSA) is 69.6 Å². The Morgan fingerprint density at radius 1 is 1.63 bits per heavy atom. The third-order valence-electron chi connectivity index (χ3n) is 2.59. The molecular formula is C13H18N2O3S. The van der Waals surface area contributed by atoms with E-state index < -0.39 is 12.0 Å². The number of carbonyl (C=O) groups is 2. The van der Waals surface area contributed by atoms with Crippen molar-refractivity contribution < 1.29 is 14.7 Å². The Kier molecular flexibility index (Phi) is 6.08. The van der Waals surface area contributed by atoms with E-state index >= 15 is 0 Å². The van der Waals surface area contributed by atoms with Gasteiger partial charge in [0.1, 0.15) is 6.04 Å². The standard InChI is InChI=1S/C13H18N2O3S/c1-3-6-11(12(16)17)14-13(18)15(4-2)9-10-7-5-8-19-10/h3,5,7-8,11H,1,4,6,9H2,2H3,(H,14,18)(H,16,17). The molecule has 2 N–H and O–H groups in total. The van der Waals surface area contributed by atoms with E-state index in [1.165, 1.54) is 6.08 Å². The van der Waals surface area contributed by atoms with E-state index in [1.54, 1.807) is 16.2 Å². The van der Waals surface area contributed by atoms with Crippen LogP contribution in [-0.4, -0.2) is 34.6 Å². The summed E-state index contributed by atoms with van der Waals surface area (Å²) in [6.45, 7) is 6.35. The van der Waals surface area contributed by atoms with Crippen molar-refractivity contribution >= 4 is 23.3 Å². The van der Waals surface area contributed by atoms with Crippen LogP contribution in [0.3, 0.4) is 0 Å². The SMILES string of the molecule is C=CCC(NC(=O)N(CC)Cc1cccs1)C(=O)O. The first-order chi connectivity index (χ1) is 9.08. The second-order valence-electron chi connectivity index (χ2n) is 3.96. The van der Waals surface area contributed by atoms with Crippen LogP contribution in [0.25, 0.3) is 0 Å². The maximum Gasteiger partial charge on any atom is 0.326 e. The predicted molar refractivity (Wildman–Crippen MR) is 75.2 cm³/mol. The van der Waals surface area contributed by atoms with E-state index in [1.807, 2.05) is 24.4 Å². The highest BCUT2D eigenvalue weighted by atomic mass is 32.1. The molecule has 19 heavy (non-hydrogen) atoms. The minimum Gasteiger partial charge on any atom is -0.480 e. The van der Waals surface area contributed by atoms with Crippen LogP contribution in [0.15, 0.2) is 30.2 Å². The molecule has 1 rings (SSSR count). The van der Waals surface area contributed by atoms with Gasteiger partial charge < -0.3 is 15.3 Å². The minimum atomic E-state index is -1.06. The molecule has 1 aromatic rings. The van der Waals surface area contributed by atoms with Gasteiger partial charge in [-0.3, -0.25) is 0 Å². The van der Waals surface area contributed by atoms with Crippen molar-refractivity contribution in [2.24, 2.45) is 0 Å². The molecule has 0 saturated heterocycles. The Labute approximate surface area is 116 Å². The van der Waals surface area contributed by atoms with Crippen molar-refractivity contribution in [1.82, 2.24) is 10.2 Å². The third-order valence-corrected chi connectivity index (χ3v) is 3.46. The van der Waals surface area contributed by atoms with Gasteiger partial charge in [-0.15, -0.1) is 17.9 Å². The number of hydrogen-bond acceptors (Lipinski definition) is 3. The second kappa shape index (κ2) is 7.58. The molecule has 0 aliphatic carbocycles. The smallest absolute Gasteiger partial charge is 0.326 e. The van der Waals surface area contributed by atoms with E-state index in [-0.39, 0.29) is 12.5 Å². The van der Waals surface area contributed by atoms with E-state index in [0.29, 0.717) is 13.1 Å². The summed E-state index contributed by atoms with van der Waals surface area (Å²) in [5, 5.41) is 13.4. The van der Waals surface area contributed by atoms with Gasteiger partial charge >= 0.3 is 12.0 Å². The fraction of sp³-hybridized carbons (Fsp3) is 0.385. The molecular weight excluding hydrogens is 264 g/mol. The van der Waals surface area contributed by atoms with Crippen LogP contribution in [0.1, 0.15) is 18.2 Å². The van der Waals surface area contributed by atoms with Crippen LogP contribution in [0, 0.1) is 0 Å². The van der Waals surface area contributed by atoms with Gasteiger partial charge in [0.2, 0.25) is 0 Å². The van der Waals surface area contributed by atoms with E-state index in [4.69, 9.17) is 5.11 Å². The summed E-state index contributed by atoms with van der Waals surface area (Å²) in [6.07, 6.45) is 1.69. The molecule has 1 aromatic heterocycles. The monoisotopic (exact) mass is 282 g/mol. The molecule has 0 fully saturated rings. The molecule has 0 bridgehead atoms. The molecule has 0 aromatic carbocycles. The van der Waals surface area contributed by atoms with Crippen molar-refractivity contribution in [1.29, 1.82) is 0 Å². The number of hydrogen-bond donors (Lipinski definition) is 2. The molecule has 6 heteroatoms. The zero-order valence-electron chi connectivity index (χ0n) is 10.8. The lowest BCUT2D eigenvalue weighted by Crippen LogP contribution is -2.47. The Balaban J connectivity index is 2.62. The molecule has 0 aliphatic heterocycles. The van der Waals surface area contributed by atoms with Gasteiger partial charge in [0.05, 0.1) is 6.54 Å². The summed E-state index contributed by atoms with van der Waals surface area (Å²) in [6, 6.07) is 2.57. The van der Waals surface area contributed by atoms with Crippen molar-refractivity contribution in [2.45, 2.75) is 25.9 Å². The maximum atomic E-state index is 12.0. The average molecular weight is 282 g/mol. The first kappa shape index (κ1) is 15.2. The predicted octanol–water partition coefficient (Wildman–Crippen LogP) is 2.31. The quantitative estimate of drug-likeness (QED) is 0.754. The highest BCUT2D eigenvalue weighted by molar-refractivity contribution is 7.09. The van der Waals surface area contributed by atoms with Gasteiger partial charge in [0, 0.05) is 11.4 Å². The zero-order chi connectivity index (χ0) is 14.3. The molecule has 1 unspecified atom stereocenters. The number of carboxylic acids is 1. The summed E-state index contributed by atoms with van der Waals surface area (Å²) in [5.41, 5.74) is 0. The van der Waals surface area contributed by atoms with E-state index in [9.17, 15) is 9.59 Å². The summed E-state index contributed by atoms with van der Waals surface area (Å²) in [4.78, 5) is 25.6. The van der Waals surface area contributed by atoms with Gasteiger partial charge in [0.25, 0.3) is 0 Å². The molecule has 104 valence electrons. The number of nitrogens with one attached hydrogen (secondary N) is 1. The Hall–Kier alpha value is -1.82. The van der Waals surface area contributed by atoms with Crippen LogP contribution in [-0.2, 0) is 11.3 Å². The van der Waals surface area contributed by atoms with Crippen molar-refractivity contribution in [3.63, 3.8) is 0 Å². The number of nitrogens with zero attached hydrogens (tertiary/aromatic N) is 1. The van der Waals surface area contributed by atoms with Gasteiger partial charge in [-0.25, -0.2) is 9.59 Å². The number of rotatable bonds is 7. The van der Waals surface area contributed by atoms with Gasteiger partial charge in [-0.2, -0.15) is 0 Å². The number of aliphatic carboxylic acids is 1. The summed E-state index contributed by atoms with van der Waals surface area (Å²) in [7, 11) is 0. The van der Waals surface area contributed by atoms with Crippen LogP contribution < -0.4 is 5.32 Å². The van der Waals surface area contributed by atoms with Crippen molar-refractivity contribution in [2.75, 3.05) is 6.54 Å². The lowest BCUT2D eigenvalue weighted by Gasteiger charge is -2.23. The minimum absolute atomic E-state index is 0.206. The summed E-state index contributed by atoms with van der Waals surface area (Å²) < 4.78 is 0. The number of urea groups is 1. The van der Waals surface area contributed by atoms with Gasteiger partial charge in [-0.1, -0.05) is 12.1 Å². The Bertz CT molecular complexity index is 431. The lowest BCUT2D eigenvalue weighted by molar-refractivity contribution is -0.139. The summed E-state index contributed by atoms with van der Waals surface area (Å²) >= 11 is 1.57. The Morgan fingerprint density at radius 2 is 2.37 bits per heavy atom. The number of amides is 2. The molecule has 0 spiro atoms. The van der Waals surface area contributed by atoms with Crippen LogP contribution in [0.4, 0.5) is 4.79 Å². The van der Waals surface area contributed by atoms with Crippen LogP contribution >= 0.6 is 11.3 Å². The lowest BCUT2D eigenvalue weighted by atomic mass is 10.2. The second-order valence-corrected chi connectivity index (χ2v) is 4.99. The fourth-order valence-electron chi connectivity index (χ4n) is 1.55. The van der Waals surface area contributed by atoms with E-state index in [2.05, 4.69) is 11.9 Å². The fourth-order valence-corrected chi connectivity index (χ4v) is 2.27. The third kappa shape index (κ3) is 4.75. The molecule has 1 heterocycles.